The minimum absolute atomic E-state index is 0.0910. The van der Waals surface area contributed by atoms with E-state index >= 15 is 0 Å². The largest absolute Gasteiger partial charge is 0.495 e. The molecule has 1 rings (SSSR count). The summed E-state index contributed by atoms with van der Waals surface area (Å²) >= 11 is 0. The lowest BCUT2D eigenvalue weighted by Gasteiger charge is -2.19. The lowest BCUT2D eigenvalue weighted by Crippen LogP contribution is -2.39. The van der Waals surface area contributed by atoms with Crippen LogP contribution in [-0.2, 0) is 4.79 Å². The molecule has 1 aromatic carbocycles. The summed E-state index contributed by atoms with van der Waals surface area (Å²) < 4.78 is 5.13. The SMILES string of the molecule is C#CCN(CC(=O)O)C(=O)Nc1cc(C)ccc1OC. The number of hydrogen-bond donors (Lipinski definition) is 2. The Morgan fingerprint density at radius 3 is 2.75 bits per heavy atom. The molecular weight excluding hydrogens is 260 g/mol. The first-order chi connectivity index (χ1) is 9.47. The number of carboxylic acid groups (broad SMARTS) is 1. The second kappa shape index (κ2) is 7.04. The number of rotatable bonds is 5. The number of nitrogens with one attached hydrogen (secondary N) is 1. The first-order valence-corrected chi connectivity index (χ1v) is 5.83. The molecule has 0 saturated heterocycles. The van der Waals surface area contributed by atoms with Gasteiger partial charge in [-0.2, -0.15) is 0 Å². The van der Waals surface area contributed by atoms with E-state index in [1.807, 2.05) is 13.0 Å². The number of urea groups is 1. The number of methoxy groups -OCH3 is 1. The van der Waals surface area contributed by atoms with E-state index in [9.17, 15) is 9.59 Å². The van der Waals surface area contributed by atoms with Crippen LogP contribution in [0.15, 0.2) is 18.2 Å². The molecular formula is C14H16N2O4. The zero-order valence-electron chi connectivity index (χ0n) is 11.3. The van der Waals surface area contributed by atoms with Crippen molar-refractivity contribution in [3.63, 3.8) is 0 Å². The Morgan fingerprint density at radius 2 is 2.20 bits per heavy atom. The standard InChI is InChI=1S/C14H16N2O4/c1-4-7-16(9-13(17)18)14(19)15-11-8-10(2)5-6-12(11)20-3/h1,5-6,8H,7,9H2,2-3H3,(H,15,19)(H,17,18). The van der Waals surface area contributed by atoms with Gasteiger partial charge in [0.25, 0.3) is 0 Å². The number of carboxylic acids is 1. The van der Waals surface area contributed by atoms with Gasteiger partial charge in [0, 0.05) is 0 Å². The van der Waals surface area contributed by atoms with Gasteiger partial charge in [-0.15, -0.1) is 6.42 Å². The molecule has 0 aliphatic rings. The van der Waals surface area contributed by atoms with E-state index in [2.05, 4.69) is 11.2 Å². The smallest absolute Gasteiger partial charge is 0.323 e. The Hall–Kier alpha value is -2.68. The van der Waals surface area contributed by atoms with Gasteiger partial charge in [-0.05, 0) is 24.6 Å². The summed E-state index contributed by atoms with van der Waals surface area (Å²) in [5.74, 6) is 1.60. The molecule has 106 valence electrons. The second-order valence-electron chi connectivity index (χ2n) is 4.09. The fraction of sp³-hybridized carbons (Fsp3) is 0.286. The predicted molar refractivity (Wildman–Crippen MR) is 74.8 cm³/mol. The van der Waals surface area contributed by atoms with Crippen LogP contribution in [0.5, 0.6) is 5.75 Å². The normalized spacial score (nSPS) is 9.45. The molecule has 0 aliphatic heterocycles. The Labute approximate surface area is 117 Å². The molecule has 2 N–H and O–H groups in total. The van der Waals surface area contributed by atoms with Crippen molar-refractivity contribution in [1.29, 1.82) is 0 Å². The summed E-state index contributed by atoms with van der Waals surface area (Å²) in [5.41, 5.74) is 1.40. The van der Waals surface area contributed by atoms with E-state index in [4.69, 9.17) is 16.3 Å². The van der Waals surface area contributed by atoms with Gasteiger partial charge in [-0.3, -0.25) is 4.79 Å². The van der Waals surface area contributed by atoms with E-state index < -0.39 is 18.5 Å². The number of terminal acetylenes is 1. The number of aliphatic carboxylic acids is 1. The number of amides is 2. The highest BCUT2D eigenvalue weighted by molar-refractivity contribution is 5.93. The maximum atomic E-state index is 12.0. The molecule has 0 radical (unpaired) electrons. The molecule has 0 atom stereocenters. The van der Waals surface area contributed by atoms with Crippen molar-refractivity contribution in [2.24, 2.45) is 0 Å². The molecule has 20 heavy (non-hydrogen) atoms. The fourth-order valence-electron chi connectivity index (χ4n) is 1.59. The topological polar surface area (TPSA) is 78.9 Å². The highest BCUT2D eigenvalue weighted by Crippen LogP contribution is 2.25. The van der Waals surface area contributed by atoms with Crippen LogP contribution in [0.1, 0.15) is 5.56 Å². The van der Waals surface area contributed by atoms with E-state index in [1.165, 1.54) is 7.11 Å². The van der Waals surface area contributed by atoms with Crippen molar-refractivity contribution in [2.75, 3.05) is 25.5 Å². The quantitative estimate of drug-likeness (QED) is 0.800. The Morgan fingerprint density at radius 1 is 1.50 bits per heavy atom. The molecule has 0 aliphatic carbocycles. The van der Waals surface area contributed by atoms with Crippen LogP contribution in [0.25, 0.3) is 0 Å². The molecule has 0 heterocycles. The average molecular weight is 276 g/mol. The van der Waals surface area contributed by atoms with Gasteiger partial charge in [-0.1, -0.05) is 12.0 Å². The summed E-state index contributed by atoms with van der Waals surface area (Å²) in [4.78, 5) is 23.7. The van der Waals surface area contributed by atoms with Gasteiger partial charge in [0.05, 0.1) is 19.3 Å². The van der Waals surface area contributed by atoms with Crippen molar-refractivity contribution in [3.05, 3.63) is 23.8 Å². The highest BCUT2D eigenvalue weighted by Gasteiger charge is 2.17. The third-order valence-electron chi connectivity index (χ3n) is 2.49. The molecule has 1 aromatic rings. The number of carbonyl (C=O) groups excluding carboxylic acids is 1. The van der Waals surface area contributed by atoms with Crippen LogP contribution < -0.4 is 10.1 Å². The average Bonchev–Trinajstić information content (AvgIpc) is 2.38. The van der Waals surface area contributed by atoms with Crippen molar-refractivity contribution >= 4 is 17.7 Å². The molecule has 0 fully saturated rings. The van der Waals surface area contributed by atoms with E-state index in [1.54, 1.807) is 12.1 Å². The van der Waals surface area contributed by atoms with Crippen molar-refractivity contribution in [1.82, 2.24) is 4.90 Å². The highest BCUT2D eigenvalue weighted by atomic mass is 16.5. The third kappa shape index (κ3) is 4.21. The second-order valence-corrected chi connectivity index (χ2v) is 4.09. The fourth-order valence-corrected chi connectivity index (χ4v) is 1.59. The Bertz CT molecular complexity index is 549. The van der Waals surface area contributed by atoms with Crippen LogP contribution in [0, 0.1) is 19.3 Å². The minimum atomic E-state index is -1.13. The monoisotopic (exact) mass is 276 g/mol. The molecule has 0 saturated carbocycles. The lowest BCUT2D eigenvalue weighted by atomic mass is 10.2. The Kier molecular flexibility index (Phi) is 5.42. The van der Waals surface area contributed by atoms with Gasteiger partial charge >= 0.3 is 12.0 Å². The zero-order chi connectivity index (χ0) is 15.1. The van der Waals surface area contributed by atoms with Crippen LogP contribution in [-0.4, -0.2) is 42.2 Å². The molecule has 0 aromatic heterocycles. The lowest BCUT2D eigenvalue weighted by molar-refractivity contribution is -0.137. The molecule has 2 amide bonds. The molecule has 0 spiro atoms. The predicted octanol–water partition coefficient (Wildman–Crippen LogP) is 1.56. The van der Waals surface area contributed by atoms with Crippen LogP contribution in [0.4, 0.5) is 10.5 Å². The summed E-state index contributed by atoms with van der Waals surface area (Å²) in [5, 5.41) is 11.4. The summed E-state index contributed by atoms with van der Waals surface area (Å²) in [6, 6.07) is 4.69. The first-order valence-electron chi connectivity index (χ1n) is 5.83. The number of anilines is 1. The van der Waals surface area contributed by atoms with Gasteiger partial charge in [0.2, 0.25) is 0 Å². The van der Waals surface area contributed by atoms with Crippen molar-refractivity contribution < 1.29 is 19.4 Å². The van der Waals surface area contributed by atoms with Crippen LogP contribution >= 0.6 is 0 Å². The molecule has 6 nitrogen and oxygen atoms in total. The zero-order valence-corrected chi connectivity index (χ0v) is 11.3. The number of aryl methyl sites for hydroxylation is 1. The van der Waals surface area contributed by atoms with Crippen molar-refractivity contribution in [3.8, 4) is 18.1 Å². The summed E-state index contributed by atoms with van der Waals surface area (Å²) in [6.45, 7) is 1.31. The van der Waals surface area contributed by atoms with E-state index in [-0.39, 0.29) is 6.54 Å². The number of benzene rings is 1. The molecule has 0 bridgehead atoms. The maximum absolute atomic E-state index is 12.0. The molecule has 0 unspecified atom stereocenters. The summed E-state index contributed by atoms with van der Waals surface area (Å²) in [7, 11) is 1.48. The van der Waals surface area contributed by atoms with Gasteiger partial charge in [-0.25, -0.2) is 4.79 Å². The van der Waals surface area contributed by atoms with Gasteiger partial charge in [0.1, 0.15) is 12.3 Å². The third-order valence-corrected chi connectivity index (χ3v) is 2.49. The number of ether oxygens (including phenoxy) is 1. The van der Waals surface area contributed by atoms with E-state index in [0.29, 0.717) is 11.4 Å². The van der Waals surface area contributed by atoms with Crippen LogP contribution in [0.3, 0.4) is 0 Å². The molecule has 6 heteroatoms. The van der Waals surface area contributed by atoms with Crippen LogP contribution in [0.2, 0.25) is 0 Å². The number of hydrogen-bond acceptors (Lipinski definition) is 3. The number of carbonyl (C=O) groups is 2. The van der Waals surface area contributed by atoms with Gasteiger partial charge < -0.3 is 20.1 Å². The maximum Gasteiger partial charge on any atom is 0.323 e. The van der Waals surface area contributed by atoms with Crippen molar-refractivity contribution in [2.45, 2.75) is 6.92 Å². The van der Waals surface area contributed by atoms with E-state index in [0.717, 1.165) is 10.5 Å². The minimum Gasteiger partial charge on any atom is -0.495 e. The number of nitrogens with zero attached hydrogens (tertiary/aromatic N) is 1. The Balaban J connectivity index is 2.90. The summed E-state index contributed by atoms with van der Waals surface area (Å²) in [6.07, 6.45) is 5.13. The first kappa shape index (κ1) is 15.4. The van der Waals surface area contributed by atoms with Gasteiger partial charge in [0.15, 0.2) is 0 Å².